The van der Waals surface area contributed by atoms with Crippen LogP contribution >= 0.6 is 0 Å². The molecule has 0 radical (unpaired) electrons. The summed E-state index contributed by atoms with van der Waals surface area (Å²) < 4.78 is 6.92. The number of carbonyl (C=O) groups is 2. The predicted octanol–water partition coefficient (Wildman–Crippen LogP) is 3.77. The van der Waals surface area contributed by atoms with Gasteiger partial charge in [-0.2, -0.15) is 5.10 Å². The zero-order valence-electron chi connectivity index (χ0n) is 16.1. The van der Waals surface area contributed by atoms with Gasteiger partial charge in [-0.15, -0.1) is 0 Å². The molecule has 0 fully saturated rings. The van der Waals surface area contributed by atoms with E-state index in [0.717, 1.165) is 22.3 Å². The second kappa shape index (κ2) is 7.63. The number of H-pyrrole nitrogens is 1. The molecule has 0 saturated heterocycles. The van der Waals surface area contributed by atoms with Gasteiger partial charge in [-0.25, -0.2) is 9.48 Å². The van der Waals surface area contributed by atoms with Crippen molar-refractivity contribution in [2.24, 2.45) is 0 Å². The number of benzene rings is 2. The van der Waals surface area contributed by atoms with E-state index < -0.39 is 11.9 Å². The third kappa shape index (κ3) is 3.75. The zero-order valence-corrected chi connectivity index (χ0v) is 16.1. The molecule has 2 aromatic carbocycles. The molecule has 0 spiro atoms. The van der Waals surface area contributed by atoms with E-state index >= 15 is 0 Å². The highest BCUT2D eigenvalue weighted by Crippen LogP contribution is 2.22. The van der Waals surface area contributed by atoms with Crippen molar-refractivity contribution < 1.29 is 14.3 Å². The Bertz CT molecular complexity index is 1160. The van der Waals surface area contributed by atoms with Crippen LogP contribution in [0.15, 0.2) is 60.7 Å². The molecule has 0 aliphatic carbocycles. The highest BCUT2D eigenvalue weighted by molar-refractivity contribution is 5.98. The predicted molar refractivity (Wildman–Crippen MR) is 110 cm³/mol. The molecule has 4 aromatic rings. The Kier molecular flexibility index (Phi) is 4.87. The SMILES string of the molecule is Cc1nn(-c2ccccc2)c(C)c1NC(=O)COC(=O)c1cc2ccccc2[nH]1. The smallest absolute Gasteiger partial charge is 0.355 e. The van der Waals surface area contributed by atoms with Crippen molar-refractivity contribution in [1.82, 2.24) is 14.8 Å². The number of nitrogens with one attached hydrogen (secondary N) is 2. The fourth-order valence-electron chi connectivity index (χ4n) is 3.21. The molecule has 4 rings (SSSR count). The molecular weight excluding hydrogens is 368 g/mol. The molecule has 0 unspecified atom stereocenters. The van der Waals surface area contributed by atoms with Gasteiger partial charge >= 0.3 is 5.97 Å². The van der Waals surface area contributed by atoms with Gasteiger partial charge in [0, 0.05) is 10.9 Å². The average Bonchev–Trinajstić information content (AvgIpc) is 3.29. The minimum atomic E-state index is -0.579. The van der Waals surface area contributed by atoms with Gasteiger partial charge in [-0.05, 0) is 38.1 Å². The topological polar surface area (TPSA) is 89.0 Å². The molecule has 146 valence electrons. The second-order valence-electron chi connectivity index (χ2n) is 6.69. The summed E-state index contributed by atoms with van der Waals surface area (Å²) in [5.41, 5.74) is 4.14. The lowest BCUT2D eigenvalue weighted by Gasteiger charge is -2.07. The van der Waals surface area contributed by atoms with Gasteiger partial charge < -0.3 is 15.0 Å². The van der Waals surface area contributed by atoms with Gasteiger partial charge in [-0.3, -0.25) is 4.79 Å². The van der Waals surface area contributed by atoms with Gasteiger partial charge in [-0.1, -0.05) is 36.4 Å². The molecule has 29 heavy (non-hydrogen) atoms. The molecule has 0 bridgehead atoms. The third-order valence-corrected chi connectivity index (χ3v) is 4.64. The molecule has 7 heteroatoms. The van der Waals surface area contributed by atoms with Crippen LogP contribution in [-0.2, 0) is 9.53 Å². The standard InChI is InChI=1S/C22H20N4O3/c1-14-21(15(2)26(25-14)17-9-4-3-5-10-17)24-20(27)13-29-22(28)19-12-16-8-6-7-11-18(16)23-19/h3-12,23H,13H2,1-2H3,(H,24,27). The fourth-order valence-corrected chi connectivity index (χ4v) is 3.21. The maximum Gasteiger partial charge on any atom is 0.355 e. The number of amides is 1. The number of hydrogen-bond donors (Lipinski definition) is 2. The van der Waals surface area contributed by atoms with Crippen molar-refractivity contribution in [1.29, 1.82) is 0 Å². The van der Waals surface area contributed by atoms with E-state index in [1.807, 2.05) is 68.4 Å². The number of ether oxygens (including phenoxy) is 1. The third-order valence-electron chi connectivity index (χ3n) is 4.64. The Morgan fingerprint density at radius 2 is 1.79 bits per heavy atom. The fraction of sp³-hybridized carbons (Fsp3) is 0.136. The number of nitrogens with zero attached hydrogens (tertiary/aromatic N) is 2. The first-order chi connectivity index (χ1) is 14.0. The Balaban J connectivity index is 1.42. The summed E-state index contributed by atoms with van der Waals surface area (Å²) >= 11 is 0. The number of fused-ring (bicyclic) bond motifs is 1. The van der Waals surface area contributed by atoms with Gasteiger partial charge in [0.1, 0.15) is 5.69 Å². The van der Waals surface area contributed by atoms with Crippen molar-refractivity contribution in [3.05, 3.63) is 77.7 Å². The first-order valence-corrected chi connectivity index (χ1v) is 9.19. The lowest BCUT2D eigenvalue weighted by molar-refractivity contribution is -0.119. The van der Waals surface area contributed by atoms with Crippen LogP contribution in [0.3, 0.4) is 0 Å². The summed E-state index contributed by atoms with van der Waals surface area (Å²) in [5, 5.41) is 8.19. The summed E-state index contributed by atoms with van der Waals surface area (Å²) in [6, 6.07) is 18.9. The molecule has 0 atom stereocenters. The van der Waals surface area contributed by atoms with E-state index in [0.29, 0.717) is 17.1 Å². The van der Waals surface area contributed by atoms with Crippen molar-refractivity contribution in [2.75, 3.05) is 11.9 Å². The van der Waals surface area contributed by atoms with Crippen LogP contribution in [0.5, 0.6) is 0 Å². The first-order valence-electron chi connectivity index (χ1n) is 9.19. The summed E-state index contributed by atoms with van der Waals surface area (Å²) in [5.74, 6) is -1.00. The maximum absolute atomic E-state index is 12.3. The Morgan fingerprint density at radius 1 is 1.07 bits per heavy atom. The number of esters is 1. The van der Waals surface area contributed by atoms with Crippen LogP contribution in [0.25, 0.3) is 16.6 Å². The van der Waals surface area contributed by atoms with E-state index in [1.54, 1.807) is 10.7 Å². The monoisotopic (exact) mass is 388 g/mol. The molecule has 2 N–H and O–H groups in total. The van der Waals surface area contributed by atoms with Gasteiger partial charge in [0.25, 0.3) is 5.91 Å². The van der Waals surface area contributed by atoms with E-state index in [4.69, 9.17) is 4.74 Å². The van der Waals surface area contributed by atoms with E-state index in [9.17, 15) is 9.59 Å². The van der Waals surface area contributed by atoms with Crippen molar-refractivity contribution in [3.8, 4) is 5.69 Å². The Labute approximate surface area is 167 Å². The van der Waals surface area contributed by atoms with Gasteiger partial charge in [0.2, 0.25) is 0 Å². The molecule has 7 nitrogen and oxygen atoms in total. The van der Waals surface area contributed by atoms with Crippen molar-refractivity contribution >= 4 is 28.5 Å². The van der Waals surface area contributed by atoms with Crippen LogP contribution in [0, 0.1) is 13.8 Å². The average molecular weight is 388 g/mol. The van der Waals surface area contributed by atoms with Crippen LogP contribution in [0.4, 0.5) is 5.69 Å². The number of aromatic nitrogens is 3. The number of carbonyl (C=O) groups excluding carboxylic acids is 2. The van der Waals surface area contributed by atoms with Gasteiger partial charge in [0.15, 0.2) is 6.61 Å². The van der Waals surface area contributed by atoms with E-state index in [-0.39, 0.29) is 6.61 Å². The number of aromatic amines is 1. The quantitative estimate of drug-likeness (QED) is 0.510. The molecule has 2 heterocycles. The number of rotatable bonds is 5. The maximum atomic E-state index is 12.3. The number of anilines is 1. The number of aryl methyl sites for hydroxylation is 1. The lowest BCUT2D eigenvalue weighted by atomic mass is 10.2. The van der Waals surface area contributed by atoms with Gasteiger partial charge in [0.05, 0.1) is 22.8 Å². The molecular formula is C22H20N4O3. The molecule has 0 aliphatic heterocycles. The van der Waals surface area contributed by atoms with E-state index in [1.165, 1.54) is 0 Å². The summed E-state index contributed by atoms with van der Waals surface area (Å²) in [6.45, 7) is 3.31. The minimum Gasteiger partial charge on any atom is -0.451 e. The highest BCUT2D eigenvalue weighted by atomic mass is 16.5. The summed E-state index contributed by atoms with van der Waals surface area (Å²) in [6.07, 6.45) is 0. The molecule has 1 amide bonds. The molecule has 0 aliphatic rings. The Morgan fingerprint density at radius 3 is 2.55 bits per heavy atom. The second-order valence-corrected chi connectivity index (χ2v) is 6.69. The van der Waals surface area contributed by atoms with Crippen molar-refractivity contribution in [3.63, 3.8) is 0 Å². The first kappa shape index (κ1) is 18.5. The van der Waals surface area contributed by atoms with Crippen LogP contribution in [-0.4, -0.2) is 33.2 Å². The molecule has 0 saturated carbocycles. The number of hydrogen-bond acceptors (Lipinski definition) is 4. The Hall–Kier alpha value is -3.87. The largest absolute Gasteiger partial charge is 0.451 e. The summed E-state index contributed by atoms with van der Waals surface area (Å²) in [7, 11) is 0. The minimum absolute atomic E-state index is 0.309. The van der Waals surface area contributed by atoms with Crippen LogP contribution < -0.4 is 5.32 Å². The lowest BCUT2D eigenvalue weighted by Crippen LogP contribution is -2.21. The van der Waals surface area contributed by atoms with Crippen molar-refractivity contribution in [2.45, 2.75) is 13.8 Å². The molecule has 2 aromatic heterocycles. The summed E-state index contributed by atoms with van der Waals surface area (Å²) in [4.78, 5) is 27.6. The highest BCUT2D eigenvalue weighted by Gasteiger charge is 2.17. The van der Waals surface area contributed by atoms with E-state index in [2.05, 4.69) is 15.4 Å². The number of para-hydroxylation sites is 2. The normalized spacial score (nSPS) is 10.8. The van der Waals surface area contributed by atoms with Crippen LogP contribution in [0.1, 0.15) is 21.9 Å². The van der Waals surface area contributed by atoms with Crippen LogP contribution in [0.2, 0.25) is 0 Å². The zero-order chi connectivity index (χ0) is 20.4.